The largest absolute Gasteiger partial charge is 0.469 e. The van der Waals surface area contributed by atoms with E-state index in [9.17, 15) is 86.3 Å². The van der Waals surface area contributed by atoms with Crippen LogP contribution < -0.4 is 0 Å². The third kappa shape index (κ3) is 12.7. The van der Waals surface area contributed by atoms with Crippen molar-refractivity contribution in [3.8, 4) is 0 Å². The van der Waals surface area contributed by atoms with E-state index in [1.807, 2.05) is 0 Å². The summed E-state index contributed by atoms with van der Waals surface area (Å²) in [6.07, 6.45) is -45.2. The molecule has 354 valence electrons. The molecule has 60 heavy (non-hydrogen) atoms. The Morgan fingerprint density at radius 3 is 1.00 bits per heavy atom. The number of ether oxygens (including phenoxy) is 8. The molecule has 4 aliphatic heterocycles. The lowest BCUT2D eigenvalue weighted by atomic mass is 9.98. The molecule has 0 amide bonds. The Bertz CT molecular complexity index is 1330. The highest BCUT2D eigenvalue weighted by molar-refractivity contribution is 7.46. The molecule has 19 N–H and O–H groups in total. The molecule has 0 radical (unpaired) electrons. The lowest BCUT2D eigenvalue weighted by Crippen LogP contribution is -2.63. The van der Waals surface area contributed by atoms with Gasteiger partial charge in [-0.1, -0.05) is 0 Å². The van der Waals surface area contributed by atoms with E-state index in [1.54, 1.807) is 0 Å². The minimum absolute atomic E-state index is 0.793. The Balaban J connectivity index is 1.33. The summed E-state index contributed by atoms with van der Waals surface area (Å²) in [7, 11) is -5.06. The number of aliphatic hydroxyl groups excluding tert-OH is 17. The number of phosphoric ester groups is 1. The Kier molecular flexibility index (Phi) is 19.3. The van der Waals surface area contributed by atoms with Crippen LogP contribution in [0.5, 0.6) is 0 Å². The predicted molar refractivity (Wildman–Crippen MR) is 180 cm³/mol. The summed E-state index contributed by atoms with van der Waals surface area (Å²) in [6.45, 7) is -5.20. The zero-order chi connectivity index (χ0) is 45.0. The van der Waals surface area contributed by atoms with E-state index in [-0.39, 0.29) is 0 Å². The Morgan fingerprint density at radius 1 is 0.417 bits per heavy atom. The molecule has 4 rings (SSSR count). The van der Waals surface area contributed by atoms with Crippen LogP contribution in [0.15, 0.2) is 0 Å². The quantitative estimate of drug-likeness (QED) is 0.0535. The van der Waals surface area contributed by atoms with E-state index < -0.39 is 195 Å². The Hall–Kier alpha value is -0.890. The lowest BCUT2D eigenvalue weighted by molar-refractivity contribution is -0.348. The first kappa shape index (κ1) is 51.7. The van der Waals surface area contributed by atoms with Gasteiger partial charge in [0.1, 0.15) is 122 Å². The SMILES string of the molecule is O=P(O)(O)OC[C@H]1O[C@H](OC[C@H]2O[C@H](OC[C@H]3O[C@H](OC[C@H]4O[C@H](OC[C@@H](O)[C@@H](O)[C@H](O)[C@H](O)CO)[C@@H](O)[C@@H](O)[C@@H]4O)[C@@H](O)[C@@H](O)[C@@H]3O)[C@@H](O)[C@@H](O)[C@@H]2O)[C@@H](O)[C@@H](O)[C@@H]1O. The first-order chi connectivity index (χ1) is 28.0. The van der Waals surface area contributed by atoms with E-state index in [1.165, 1.54) is 0 Å². The van der Waals surface area contributed by atoms with Crippen LogP contribution in [0.3, 0.4) is 0 Å². The van der Waals surface area contributed by atoms with Crippen molar-refractivity contribution in [2.75, 3.05) is 39.6 Å². The molecular formula is C30H55O29P. The minimum Gasteiger partial charge on any atom is -0.394 e. The molecule has 30 heteroatoms. The molecule has 4 fully saturated rings. The lowest BCUT2D eigenvalue weighted by Gasteiger charge is -2.44. The van der Waals surface area contributed by atoms with Crippen LogP contribution in [0, 0.1) is 0 Å². The van der Waals surface area contributed by atoms with E-state index in [4.69, 9.17) is 52.8 Å². The highest BCUT2D eigenvalue weighted by Gasteiger charge is 2.51. The van der Waals surface area contributed by atoms with E-state index in [2.05, 4.69) is 4.52 Å². The van der Waals surface area contributed by atoms with Gasteiger partial charge in [-0.3, -0.25) is 4.52 Å². The summed E-state index contributed by atoms with van der Waals surface area (Å²) >= 11 is 0. The topological polar surface area (TPSA) is 485 Å². The molecular weight excluding hydrogens is 855 g/mol. The maximum Gasteiger partial charge on any atom is 0.469 e. The predicted octanol–water partition coefficient (Wildman–Crippen LogP) is -12.2. The van der Waals surface area contributed by atoms with Gasteiger partial charge in [0.2, 0.25) is 0 Å². The van der Waals surface area contributed by atoms with Crippen LogP contribution >= 0.6 is 7.82 Å². The van der Waals surface area contributed by atoms with Gasteiger partial charge in [-0.2, -0.15) is 0 Å². The number of rotatable bonds is 19. The summed E-state index contributed by atoms with van der Waals surface area (Å²) in [6, 6.07) is 0. The van der Waals surface area contributed by atoms with Crippen LogP contribution in [-0.2, 0) is 47.0 Å². The number of phosphoric acid groups is 1. The number of hydrogen-bond donors (Lipinski definition) is 19. The van der Waals surface area contributed by atoms with Gasteiger partial charge in [0.25, 0.3) is 0 Å². The second kappa shape index (κ2) is 22.3. The average Bonchev–Trinajstić information content (AvgIpc) is 3.21. The second-order valence-electron chi connectivity index (χ2n) is 14.5. The van der Waals surface area contributed by atoms with Crippen LogP contribution in [0.25, 0.3) is 0 Å². The van der Waals surface area contributed by atoms with E-state index in [0.717, 1.165) is 0 Å². The van der Waals surface area contributed by atoms with Gasteiger partial charge >= 0.3 is 7.82 Å². The van der Waals surface area contributed by atoms with Gasteiger partial charge in [0, 0.05) is 0 Å². The first-order valence-corrected chi connectivity index (χ1v) is 19.8. The Labute approximate surface area is 338 Å². The molecule has 0 aliphatic carbocycles. The molecule has 0 aromatic rings. The van der Waals surface area contributed by atoms with Crippen LogP contribution in [0.1, 0.15) is 0 Å². The first-order valence-electron chi connectivity index (χ1n) is 18.3. The van der Waals surface area contributed by atoms with Gasteiger partial charge in [-0.25, -0.2) is 4.57 Å². The molecule has 4 aliphatic rings. The van der Waals surface area contributed by atoms with Crippen LogP contribution in [0.4, 0.5) is 0 Å². The van der Waals surface area contributed by atoms with Gasteiger partial charge in [0.15, 0.2) is 25.2 Å². The summed E-state index contributed by atoms with van der Waals surface area (Å²) in [5.74, 6) is 0. The smallest absolute Gasteiger partial charge is 0.394 e. The van der Waals surface area contributed by atoms with Crippen LogP contribution in [0.2, 0.25) is 0 Å². The van der Waals surface area contributed by atoms with Gasteiger partial charge in [-0.05, 0) is 0 Å². The van der Waals surface area contributed by atoms with E-state index in [0.29, 0.717) is 0 Å². The molecule has 0 bridgehead atoms. The molecule has 0 saturated carbocycles. The second-order valence-corrected chi connectivity index (χ2v) is 15.7. The maximum absolute atomic E-state index is 11.1. The van der Waals surface area contributed by atoms with Crippen molar-refractivity contribution in [3.05, 3.63) is 0 Å². The normalized spacial score (nSPS) is 45.2. The summed E-state index contributed by atoms with van der Waals surface area (Å²) < 4.78 is 58.4. The third-order valence-corrected chi connectivity index (χ3v) is 10.6. The summed E-state index contributed by atoms with van der Waals surface area (Å²) in [5, 5.41) is 173. The molecule has 0 unspecified atom stereocenters. The monoisotopic (exact) mass is 910 g/mol. The zero-order valence-electron chi connectivity index (χ0n) is 31.1. The van der Waals surface area contributed by atoms with Crippen LogP contribution in [-0.4, -0.2) is 283 Å². The van der Waals surface area contributed by atoms with E-state index >= 15 is 0 Å². The molecule has 4 saturated heterocycles. The summed E-state index contributed by atoms with van der Waals surface area (Å²) in [5.41, 5.74) is 0. The molecule has 24 atom stereocenters. The van der Waals surface area contributed by atoms with Gasteiger partial charge in [-0.15, -0.1) is 0 Å². The van der Waals surface area contributed by atoms with Crippen molar-refractivity contribution in [1.29, 1.82) is 0 Å². The fourth-order valence-electron chi connectivity index (χ4n) is 6.36. The maximum atomic E-state index is 11.1. The average molecular weight is 911 g/mol. The van der Waals surface area contributed by atoms with Crippen molar-refractivity contribution < 1.29 is 144 Å². The highest BCUT2D eigenvalue weighted by Crippen LogP contribution is 2.37. The third-order valence-electron chi connectivity index (χ3n) is 10.1. The molecule has 0 aromatic heterocycles. The van der Waals surface area contributed by atoms with Gasteiger partial charge < -0.3 is 134 Å². The van der Waals surface area contributed by atoms with Gasteiger partial charge in [0.05, 0.1) is 39.6 Å². The molecule has 29 nitrogen and oxygen atoms in total. The van der Waals surface area contributed by atoms with Crippen molar-refractivity contribution in [2.24, 2.45) is 0 Å². The highest BCUT2D eigenvalue weighted by atomic mass is 31.2. The minimum atomic E-state index is -5.06. The Morgan fingerprint density at radius 2 is 0.700 bits per heavy atom. The van der Waals surface area contributed by atoms with Crippen molar-refractivity contribution >= 4 is 7.82 Å². The fourth-order valence-corrected chi connectivity index (χ4v) is 6.70. The zero-order valence-corrected chi connectivity index (χ0v) is 32.0. The molecule has 0 spiro atoms. The summed E-state index contributed by atoms with van der Waals surface area (Å²) in [4.78, 5) is 17.9. The standard InChI is InChI=1S/C30H55O29P/c31-1-7(32)13(34)14(35)8(33)2-51-27-23(44)19(40)15(36)9(56-27)3-52-28-24(45)20(41)16(37)10(57-28)4-53-29-25(46)21(42)17(38)11(58-29)5-54-30-26(47)22(43)18(39)12(59-30)6-55-60(48,49)50/h7-47H,1-6H2,(H2,48,49,50)/t7-,8-,9-,10-,11-,12-,13-,14-,15-,16-,17-,18-,19+,20+,21+,22+,23+,24+,25+,26+,27+,28+,29+,30+/m1/s1. The molecule has 4 heterocycles. The number of hydrogen-bond acceptors (Lipinski definition) is 27. The van der Waals surface area contributed by atoms with Crippen molar-refractivity contribution in [3.63, 3.8) is 0 Å². The fraction of sp³-hybridized carbons (Fsp3) is 1.00. The van der Waals surface area contributed by atoms with Crippen molar-refractivity contribution in [2.45, 2.75) is 147 Å². The molecule has 0 aromatic carbocycles. The number of aliphatic hydroxyl groups is 17. The van der Waals surface area contributed by atoms with Crippen molar-refractivity contribution in [1.82, 2.24) is 0 Å².